The van der Waals surface area contributed by atoms with E-state index in [1.807, 2.05) is 14.0 Å². The van der Waals surface area contributed by atoms with Crippen molar-refractivity contribution in [3.63, 3.8) is 0 Å². The first-order chi connectivity index (χ1) is 8.52. The normalized spacial score (nSPS) is 12.9. The van der Waals surface area contributed by atoms with Gasteiger partial charge in [-0.1, -0.05) is 18.5 Å². The highest BCUT2D eigenvalue weighted by Crippen LogP contribution is 2.26. The Morgan fingerprint density at radius 1 is 1.44 bits per heavy atom. The number of aryl methyl sites for hydroxylation is 2. The predicted molar refractivity (Wildman–Crippen MR) is 71.9 cm³/mol. The van der Waals surface area contributed by atoms with E-state index in [0.29, 0.717) is 22.4 Å². The average Bonchev–Trinajstić information content (AvgIpc) is 2.87. The van der Waals surface area contributed by atoms with E-state index < -0.39 is 0 Å². The molecule has 2 aromatic rings. The van der Waals surface area contributed by atoms with E-state index in [1.165, 1.54) is 0 Å². The number of hydrogen-bond donors (Lipinski definition) is 1. The molecule has 2 N–H and O–H groups in total. The SMILES string of the molecule is CCc1nn(C)c(CC(N)c2ccc(Cl)o2)c1Cl. The predicted octanol–water partition coefficient (Wildman–Crippen LogP) is 3.12. The largest absolute Gasteiger partial charge is 0.448 e. The molecule has 0 aliphatic rings. The highest BCUT2D eigenvalue weighted by atomic mass is 35.5. The van der Waals surface area contributed by atoms with E-state index in [4.69, 9.17) is 33.4 Å². The zero-order valence-corrected chi connectivity index (χ0v) is 11.8. The van der Waals surface area contributed by atoms with Crippen LogP contribution >= 0.6 is 23.2 Å². The van der Waals surface area contributed by atoms with Gasteiger partial charge in [0.2, 0.25) is 0 Å². The van der Waals surface area contributed by atoms with Crippen LogP contribution in [-0.4, -0.2) is 9.78 Å². The van der Waals surface area contributed by atoms with Crippen LogP contribution in [0, 0.1) is 0 Å². The summed E-state index contributed by atoms with van der Waals surface area (Å²) in [7, 11) is 1.86. The maximum Gasteiger partial charge on any atom is 0.193 e. The van der Waals surface area contributed by atoms with E-state index in [0.717, 1.165) is 17.8 Å². The second-order valence-corrected chi connectivity index (χ2v) is 4.89. The van der Waals surface area contributed by atoms with Crippen molar-refractivity contribution in [3.8, 4) is 0 Å². The standard InChI is InChI=1S/C12H15Cl2N3O/c1-3-8-12(14)9(17(2)16-8)6-7(15)10-4-5-11(13)18-10/h4-5,7H,3,6,15H2,1-2H3. The van der Waals surface area contributed by atoms with Crippen LogP contribution in [0.4, 0.5) is 0 Å². The number of hydrogen-bond acceptors (Lipinski definition) is 3. The van der Waals surface area contributed by atoms with Crippen molar-refractivity contribution in [2.75, 3.05) is 0 Å². The summed E-state index contributed by atoms with van der Waals surface area (Å²) in [5, 5.41) is 5.38. The Bertz CT molecular complexity index is 548. The maximum absolute atomic E-state index is 6.27. The molecule has 0 bridgehead atoms. The molecule has 0 saturated carbocycles. The van der Waals surface area contributed by atoms with Crippen molar-refractivity contribution in [1.82, 2.24) is 9.78 Å². The van der Waals surface area contributed by atoms with Crippen LogP contribution in [0.25, 0.3) is 0 Å². The molecule has 98 valence electrons. The molecule has 6 heteroatoms. The smallest absolute Gasteiger partial charge is 0.193 e. The summed E-state index contributed by atoms with van der Waals surface area (Å²) >= 11 is 12.0. The molecule has 2 rings (SSSR count). The van der Waals surface area contributed by atoms with Gasteiger partial charge in [-0.05, 0) is 30.2 Å². The maximum atomic E-state index is 6.27. The van der Waals surface area contributed by atoms with E-state index >= 15 is 0 Å². The van der Waals surface area contributed by atoms with Gasteiger partial charge in [-0.2, -0.15) is 5.10 Å². The third kappa shape index (κ3) is 2.55. The van der Waals surface area contributed by atoms with Crippen molar-refractivity contribution >= 4 is 23.2 Å². The summed E-state index contributed by atoms with van der Waals surface area (Å²) in [5.41, 5.74) is 7.88. The van der Waals surface area contributed by atoms with E-state index in [1.54, 1.807) is 16.8 Å². The quantitative estimate of drug-likeness (QED) is 0.940. The zero-order chi connectivity index (χ0) is 13.3. The minimum atomic E-state index is -0.282. The summed E-state index contributed by atoms with van der Waals surface area (Å²) in [6.45, 7) is 2.02. The molecule has 0 radical (unpaired) electrons. The first kappa shape index (κ1) is 13.5. The molecule has 0 aliphatic carbocycles. The Kier molecular flexibility index (Phi) is 4.00. The molecule has 1 unspecified atom stereocenters. The lowest BCUT2D eigenvalue weighted by Gasteiger charge is -2.09. The van der Waals surface area contributed by atoms with Gasteiger partial charge in [0.05, 0.1) is 22.5 Å². The molecular weight excluding hydrogens is 273 g/mol. The summed E-state index contributed by atoms with van der Waals surface area (Å²) < 4.78 is 7.07. The van der Waals surface area contributed by atoms with Crippen molar-refractivity contribution in [3.05, 3.63) is 39.5 Å². The third-order valence-electron chi connectivity index (χ3n) is 2.88. The van der Waals surface area contributed by atoms with Gasteiger partial charge in [-0.3, -0.25) is 4.68 Å². The second-order valence-electron chi connectivity index (χ2n) is 4.14. The molecule has 1 atom stereocenters. The fraction of sp³-hybridized carbons (Fsp3) is 0.417. The summed E-state index contributed by atoms with van der Waals surface area (Å²) in [6.07, 6.45) is 1.36. The van der Waals surface area contributed by atoms with Gasteiger partial charge in [0.15, 0.2) is 5.22 Å². The zero-order valence-electron chi connectivity index (χ0n) is 10.3. The molecular formula is C12H15Cl2N3O. The van der Waals surface area contributed by atoms with E-state index in [9.17, 15) is 0 Å². The first-order valence-electron chi connectivity index (χ1n) is 5.74. The van der Waals surface area contributed by atoms with Crippen LogP contribution in [0.2, 0.25) is 10.2 Å². The van der Waals surface area contributed by atoms with Gasteiger partial charge in [0.1, 0.15) is 5.76 Å². The lowest BCUT2D eigenvalue weighted by molar-refractivity contribution is 0.460. The van der Waals surface area contributed by atoms with Gasteiger partial charge in [-0.25, -0.2) is 0 Å². The Labute approximate surface area is 116 Å². The number of rotatable bonds is 4. The number of furan rings is 1. The number of halogens is 2. The first-order valence-corrected chi connectivity index (χ1v) is 6.49. The molecule has 0 aromatic carbocycles. The summed E-state index contributed by atoms with van der Waals surface area (Å²) in [4.78, 5) is 0. The minimum absolute atomic E-state index is 0.282. The topological polar surface area (TPSA) is 57.0 Å². The van der Waals surface area contributed by atoms with Crippen molar-refractivity contribution < 1.29 is 4.42 Å². The Morgan fingerprint density at radius 3 is 2.67 bits per heavy atom. The summed E-state index contributed by atoms with van der Waals surface area (Å²) in [6, 6.07) is 3.17. The minimum Gasteiger partial charge on any atom is -0.448 e. The second kappa shape index (κ2) is 5.34. The van der Waals surface area contributed by atoms with Gasteiger partial charge < -0.3 is 10.2 Å². The van der Waals surface area contributed by atoms with Crippen molar-refractivity contribution in [1.29, 1.82) is 0 Å². The lowest BCUT2D eigenvalue weighted by Crippen LogP contribution is -2.15. The molecule has 0 aliphatic heterocycles. The number of nitrogens with zero attached hydrogens (tertiary/aromatic N) is 2. The highest BCUT2D eigenvalue weighted by Gasteiger charge is 2.18. The molecule has 2 heterocycles. The monoisotopic (exact) mass is 287 g/mol. The number of nitrogens with two attached hydrogens (primary N) is 1. The third-order valence-corrected chi connectivity index (χ3v) is 3.52. The van der Waals surface area contributed by atoms with Crippen LogP contribution in [0.1, 0.15) is 30.1 Å². The van der Waals surface area contributed by atoms with Gasteiger partial charge in [0, 0.05) is 13.5 Å². The molecule has 0 amide bonds. The lowest BCUT2D eigenvalue weighted by atomic mass is 10.1. The van der Waals surface area contributed by atoms with Crippen molar-refractivity contribution in [2.24, 2.45) is 12.8 Å². The van der Waals surface area contributed by atoms with Crippen LogP contribution < -0.4 is 5.73 Å². The number of aromatic nitrogens is 2. The fourth-order valence-electron chi connectivity index (χ4n) is 1.88. The molecule has 18 heavy (non-hydrogen) atoms. The summed E-state index contributed by atoms with van der Waals surface area (Å²) in [5.74, 6) is 0.648. The molecule has 0 spiro atoms. The van der Waals surface area contributed by atoms with Crippen LogP contribution in [0.15, 0.2) is 16.5 Å². The van der Waals surface area contributed by atoms with Crippen LogP contribution in [-0.2, 0) is 19.9 Å². The van der Waals surface area contributed by atoms with Gasteiger partial charge >= 0.3 is 0 Å². The Balaban J connectivity index is 2.21. The van der Waals surface area contributed by atoms with Crippen LogP contribution in [0.5, 0.6) is 0 Å². The van der Waals surface area contributed by atoms with Crippen LogP contribution in [0.3, 0.4) is 0 Å². The molecule has 2 aromatic heterocycles. The molecule has 0 fully saturated rings. The highest BCUT2D eigenvalue weighted by molar-refractivity contribution is 6.31. The Morgan fingerprint density at radius 2 is 2.17 bits per heavy atom. The molecule has 0 saturated heterocycles. The van der Waals surface area contributed by atoms with E-state index in [-0.39, 0.29) is 6.04 Å². The Hall–Kier alpha value is -0.970. The average molecular weight is 288 g/mol. The van der Waals surface area contributed by atoms with Crippen molar-refractivity contribution in [2.45, 2.75) is 25.8 Å². The van der Waals surface area contributed by atoms with Gasteiger partial charge in [0.25, 0.3) is 0 Å². The molecule has 4 nitrogen and oxygen atoms in total. The van der Waals surface area contributed by atoms with Gasteiger partial charge in [-0.15, -0.1) is 0 Å². The fourth-order valence-corrected chi connectivity index (χ4v) is 2.40. The van der Waals surface area contributed by atoms with E-state index in [2.05, 4.69) is 5.10 Å².